The van der Waals surface area contributed by atoms with Gasteiger partial charge in [0, 0.05) is 28.8 Å². The van der Waals surface area contributed by atoms with Crippen molar-refractivity contribution < 1.29 is 4.79 Å². The van der Waals surface area contributed by atoms with Gasteiger partial charge < -0.3 is 10.6 Å². The summed E-state index contributed by atoms with van der Waals surface area (Å²) in [5, 5.41) is 0. The number of halogens is 1. The number of amides is 1. The molecule has 2 aromatic rings. The Morgan fingerprint density at radius 1 is 1.19 bits per heavy atom. The maximum Gasteiger partial charge on any atom is 0.254 e. The zero-order chi connectivity index (χ0) is 15.2. The van der Waals surface area contributed by atoms with Gasteiger partial charge in [-0.2, -0.15) is 0 Å². The fraction of sp³-hybridized carbons (Fsp3) is 0.235. The molecule has 4 heteroatoms. The number of carbonyl (C=O) groups is 1. The van der Waals surface area contributed by atoms with E-state index < -0.39 is 0 Å². The zero-order valence-corrected chi connectivity index (χ0v) is 13.6. The summed E-state index contributed by atoms with van der Waals surface area (Å²) in [6, 6.07) is 15.1. The molecule has 2 aromatic carbocycles. The maximum atomic E-state index is 12.6. The van der Waals surface area contributed by atoms with E-state index in [1.54, 1.807) is 0 Å². The number of anilines is 1. The summed E-state index contributed by atoms with van der Waals surface area (Å²) in [7, 11) is 0. The molecule has 0 aliphatic carbocycles. The minimum Gasteiger partial charge on any atom is -0.399 e. The van der Waals surface area contributed by atoms with E-state index in [2.05, 4.69) is 22.9 Å². The van der Waals surface area contributed by atoms with Crippen molar-refractivity contribution in [2.24, 2.45) is 0 Å². The van der Waals surface area contributed by atoms with E-state index in [1.807, 2.05) is 53.4 Å². The Labute approximate surface area is 133 Å². The molecule has 0 spiro atoms. The molecule has 0 aliphatic rings. The lowest BCUT2D eigenvalue weighted by atomic mass is 10.1. The van der Waals surface area contributed by atoms with Crippen molar-refractivity contribution in [1.82, 2.24) is 4.90 Å². The van der Waals surface area contributed by atoms with Crippen LogP contribution in [0.5, 0.6) is 0 Å². The first-order valence-corrected chi connectivity index (χ1v) is 7.78. The first-order valence-electron chi connectivity index (χ1n) is 6.99. The number of nitrogens with zero attached hydrogens (tertiary/aromatic N) is 1. The Kier molecular flexibility index (Phi) is 5.39. The molecule has 0 saturated heterocycles. The van der Waals surface area contributed by atoms with E-state index in [9.17, 15) is 4.79 Å². The minimum absolute atomic E-state index is 0.0479. The van der Waals surface area contributed by atoms with Gasteiger partial charge in [-0.3, -0.25) is 4.79 Å². The summed E-state index contributed by atoms with van der Waals surface area (Å²) in [6.07, 6.45) is 0.921. The molecule has 0 unspecified atom stereocenters. The van der Waals surface area contributed by atoms with Crippen LogP contribution in [0.15, 0.2) is 53.0 Å². The summed E-state index contributed by atoms with van der Waals surface area (Å²) in [5.74, 6) is 0.0479. The van der Waals surface area contributed by atoms with Gasteiger partial charge in [-0.15, -0.1) is 0 Å². The summed E-state index contributed by atoms with van der Waals surface area (Å²) in [6.45, 7) is 3.37. The van der Waals surface area contributed by atoms with Crippen LogP contribution in [-0.2, 0) is 6.54 Å². The van der Waals surface area contributed by atoms with Gasteiger partial charge in [0.1, 0.15) is 0 Å². The zero-order valence-electron chi connectivity index (χ0n) is 12.1. The number of nitrogen functional groups attached to an aromatic ring is 1. The summed E-state index contributed by atoms with van der Waals surface area (Å²) < 4.78 is 0.969. The van der Waals surface area contributed by atoms with Gasteiger partial charge in [0.15, 0.2) is 0 Å². The standard InChI is InChI=1S/C17H19BrN2O/c1-2-10-20(12-13-4-3-5-16(19)11-13)17(21)14-6-8-15(18)9-7-14/h3-9,11H,2,10,12,19H2,1H3. The molecule has 0 aliphatic heterocycles. The highest BCUT2D eigenvalue weighted by Crippen LogP contribution is 2.15. The molecule has 1 amide bonds. The Balaban J connectivity index is 2.18. The molecule has 0 atom stereocenters. The van der Waals surface area contributed by atoms with Crippen LogP contribution in [0.4, 0.5) is 5.69 Å². The van der Waals surface area contributed by atoms with Gasteiger partial charge in [0.2, 0.25) is 0 Å². The van der Waals surface area contributed by atoms with Gasteiger partial charge in [-0.25, -0.2) is 0 Å². The predicted molar refractivity (Wildman–Crippen MR) is 90.0 cm³/mol. The third kappa shape index (κ3) is 4.33. The van der Waals surface area contributed by atoms with Gasteiger partial charge >= 0.3 is 0 Å². The van der Waals surface area contributed by atoms with Crippen LogP contribution in [0.2, 0.25) is 0 Å². The summed E-state index contributed by atoms with van der Waals surface area (Å²) >= 11 is 3.39. The number of benzene rings is 2. The highest BCUT2D eigenvalue weighted by molar-refractivity contribution is 9.10. The number of carbonyl (C=O) groups excluding carboxylic acids is 1. The molecule has 0 bridgehead atoms. The maximum absolute atomic E-state index is 12.6. The topological polar surface area (TPSA) is 46.3 Å². The Hall–Kier alpha value is -1.81. The molecular weight excluding hydrogens is 328 g/mol. The first kappa shape index (κ1) is 15.6. The van der Waals surface area contributed by atoms with Crippen molar-refractivity contribution in [3.8, 4) is 0 Å². The van der Waals surface area contributed by atoms with E-state index in [4.69, 9.17) is 5.73 Å². The normalized spacial score (nSPS) is 10.4. The molecule has 21 heavy (non-hydrogen) atoms. The smallest absolute Gasteiger partial charge is 0.254 e. The Morgan fingerprint density at radius 2 is 1.90 bits per heavy atom. The number of hydrogen-bond donors (Lipinski definition) is 1. The molecule has 2 N–H and O–H groups in total. The van der Waals surface area contributed by atoms with Gasteiger partial charge in [-0.05, 0) is 48.4 Å². The number of rotatable bonds is 5. The molecule has 0 aromatic heterocycles. The SMILES string of the molecule is CCCN(Cc1cccc(N)c1)C(=O)c1ccc(Br)cc1. The molecular formula is C17H19BrN2O. The van der Waals surface area contributed by atoms with Crippen molar-refractivity contribution in [2.75, 3.05) is 12.3 Å². The van der Waals surface area contributed by atoms with E-state index >= 15 is 0 Å². The van der Waals surface area contributed by atoms with Gasteiger partial charge in [0.05, 0.1) is 0 Å². The molecule has 2 rings (SSSR count). The highest BCUT2D eigenvalue weighted by Gasteiger charge is 2.15. The molecule has 0 saturated carbocycles. The third-order valence-electron chi connectivity index (χ3n) is 3.20. The van der Waals surface area contributed by atoms with E-state index in [0.29, 0.717) is 12.1 Å². The predicted octanol–water partition coefficient (Wildman–Crippen LogP) is 4.08. The average molecular weight is 347 g/mol. The summed E-state index contributed by atoms with van der Waals surface area (Å²) in [5.41, 5.74) is 8.28. The average Bonchev–Trinajstić information content (AvgIpc) is 2.47. The Bertz CT molecular complexity index is 610. The molecule has 0 radical (unpaired) electrons. The molecule has 110 valence electrons. The molecule has 0 heterocycles. The lowest BCUT2D eigenvalue weighted by Crippen LogP contribution is -2.31. The van der Waals surface area contributed by atoms with Crippen LogP contribution < -0.4 is 5.73 Å². The second kappa shape index (κ2) is 7.27. The van der Waals surface area contributed by atoms with Crippen molar-refractivity contribution >= 4 is 27.5 Å². The lowest BCUT2D eigenvalue weighted by Gasteiger charge is -2.22. The Morgan fingerprint density at radius 3 is 2.52 bits per heavy atom. The first-order chi connectivity index (χ1) is 10.1. The monoisotopic (exact) mass is 346 g/mol. The van der Waals surface area contributed by atoms with E-state index in [1.165, 1.54) is 0 Å². The fourth-order valence-corrected chi connectivity index (χ4v) is 2.47. The van der Waals surface area contributed by atoms with Crippen LogP contribution >= 0.6 is 15.9 Å². The third-order valence-corrected chi connectivity index (χ3v) is 3.73. The van der Waals surface area contributed by atoms with Crippen molar-refractivity contribution in [2.45, 2.75) is 19.9 Å². The van der Waals surface area contributed by atoms with Gasteiger partial charge in [-0.1, -0.05) is 35.0 Å². The number of nitrogens with two attached hydrogens (primary N) is 1. The van der Waals surface area contributed by atoms with Crippen LogP contribution in [0, 0.1) is 0 Å². The quantitative estimate of drug-likeness (QED) is 0.829. The second-order valence-corrected chi connectivity index (χ2v) is 5.89. The minimum atomic E-state index is 0.0479. The van der Waals surface area contributed by atoms with Crippen molar-refractivity contribution in [1.29, 1.82) is 0 Å². The lowest BCUT2D eigenvalue weighted by molar-refractivity contribution is 0.0743. The van der Waals surface area contributed by atoms with Crippen LogP contribution in [0.1, 0.15) is 29.3 Å². The highest BCUT2D eigenvalue weighted by atomic mass is 79.9. The molecule has 3 nitrogen and oxygen atoms in total. The molecule has 0 fully saturated rings. The van der Waals surface area contributed by atoms with Crippen molar-refractivity contribution in [3.63, 3.8) is 0 Å². The van der Waals surface area contributed by atoms with Crippen molar-refractivity contribution in [3.05, 3.63) is 64.1 Å². The van der Waals surface area contributed by atoms with Crippen LogP contribution in [0.3, 0.4) is 0 Å². The van der Waals surface area contributed by atoms with E-state index in [0.717, 1.165) is 28.7 Å². The number of hydrogen-bond acceptors (Lipinski definition) is 2. The van der Waals surface area contributed by atoms with Gasteiger partial charge in [0.25, 0.3) is 5.91 Å². The summed E-state index contributed by atoms with van der Waals surface area (Å²) in [4.78, 5) is 14.5. The fourth-order valence-electron chi connectivity index (χ4n) is 2.21. The van der Waals surface area contributed by atoms with Crippen LogP contribution in [-0.4, -0.2) is 17.4 Å². The van der Waals surface area contributed by atoms with E-state index in [-0.39, 0.29) is 5.91 Å². The second-order valence-electron chi connectivity index (χ2n) is 4.98. The van der Waals surface area contributed by atoms with Crippen LogP contribution in [0.25, 0.3) is 0 Å². The largest absolute Gasteiger partial charge is 0.399 e.